The molecule has 174 valence electrons. The third-order valence-corrected chi connectivity index (χ3v) is 5.19. The van der Waals surface area contributed by atoms with Crippen molar-refractivity contribution in [3.05, 3.63) is 100 Å². The maximum atomic E-state index is 6.30. The van der Waals surface area contributed by atoms with Crippen molar-refractivity contribution in [2.75, 3.05) is 0 Å². The lowest BCUT2D eigenvalue weighted by atomic mass is 9.87. The van der Waals surface area contributed by atoms with Crippen LogP contribution in [0.2, 0.25) is 5.02 Å². The Morgan fingerprint density at radius 3 is 1.84 bits per heavy atom. The van der Waals surface area contributed by atoms with Gasteiger partial charge in [0.05, 0.1) is 5.02 Å². The highest BCUT2D eigenvalue weighted by molar-refractivity contribution is 6.32. The van der Waals surface area contributed by atoms with Gasteiger partial charge in [0.2, 0.25) is 0 Å². The zero-order chi connectivity index (χ0) is 23.1. The van der Waals surface area contributed by atoms with Gasteiger partial charge >= 0.3 is 0 Å². The molecule has 0 bridgehead atoms. The Bertz CT molecular complexity index is 929. The predicted molar refractivity (Wildman–Crippen MR) is 142 cm³/mol. The van der Waals surface area contributed by atoms with Crippen LogP contribution in [0.4, 0.5) is 0 Å². The lowest BCUT2D eigenvalue weighted by molar-refractivity contribution is 0.306. The summed E-state index contributed by atoms with van der Waals surface area (Å²) < 4.78 is 5.80. The Morgan fingerprint density at radius 2 is 1.34 bits per heavy atom. The minimum absolute atomic E-state index is 0. The first-order chi connectivity index (χ1) is 14.4. The summed E-state index contributed by atoms with van der Waals surface area (Å²) in [5.74, 6) is 0.736. The average Bonchev–Trinajstić information content (AvgIpc) is 2.67. The van der Waals surface area contributed by atoms with E-state index >= 15 is 0 Å². The van der Waals surface area contributed by atoms with E-state index in [0.717, 1.165) is 17.7 Å². The number of aryl methyl sites for hydroxylation is 1. The number of rotatable bonds is 4. The van der Waals surface area contributed by atoms with E-state index in [1.807, 2.05) is 12.1 Å². The van der Waals surface area contributed by atoms with Crippen molar-refractivity contribution in [3.8, 4) is 5.75 Å². The van der Waals surface area contributed by atoms with Gasteiger partial charge in [-0.15, -0.1) is 0 Å². The standard InChI is InChI=1S/C18H21ClO.C11H16.CH4/c1-13-5-7-14(8-6-13)12-20-17-10-9-15(11-16(17)19)18(2,3)4;1-11(2,3)9-10-7-5-4-6-8-10;/h5-11H,12H2,1-4H3;4-8H,9H2,1-3H3;1H4. The molecule has 0 spiro atoms. The second-order valence-corrected chi connectivity index (χ2v) is 10.8. The summed E-state index contributed by atoms with van der Waals surface area (Å²) in [7, 11) is 0. The minimum Gasteiger partial charge on any atom is -0.487 e. The fourth-order valence-electron chi connectivity index (χ4n) is 3.14. The first-order valence-electron chi connectivity index (χ1n) is 11.0. The van der Waals surface area contributed by atoms with Crippen LogP contribution in [0.3, 0.4) is 0 Å². The van der Waals surface area contributed by atoms with Crippen molar-refractivity contribution in [2.24, 2.45) is 5.41 Å². The van der Waals surface area contributed by atoms with Gasteiger partial charge in [0.1, 0.15) is 12.4 Å². The van der Waals surface area contributed by atoms with Crippen molar-refractivity contribution in [3.63, 3.8) is 0 Å². The van der Waals surface area contributed by atoms with Crippen LogP contribution in [0.5, 0.6) is 5.75 Å². The summed E-state index contributed by atoms with van der Waals surface area (Å²) in [5, 5.41) is 0.671. The van der Waals surface area contributed by atoms with Crippen LogP contribution in [0.25, 0.3) is 0 Å². The number of benzene rings is 3. The lowest BCUT2D eigenvalue weighted by Crippen LogP contribution is -2.10. The molecule has 0 atom stereocenters. The number of hydrogen-bond acceptors (Lipinski definition) is 1. The van der Waals surface area contributed by atoms with E-state index in [1.54, 1.807) is 0 Å². The zero-order valence-electron chi connectivity index (χ0n) is 20.1. The molecular weight excluding hydrogens is 412 g/mol. The highest BCUT2D eigenvalue weighted by Crippen LogP contribution is 2.31. The molecule has 0 unspecified atom stereocenters. The smallest absolute Gasteiger partial charge is 0.138 e. The van der Waals surface area contributed by atoms with Gasteiger partial charge in [-0.1, -0.05) is 127 Å². The lowest BCUT2D eigenvalue weighted by Gasteiger charge is -2.20. The molecule has 1 nitrogen and oxygen atoms in total. The van der Waals surface area contributed by atoms with Crippen molar-refractivity contribution in [1.82, 2.24) is 0 Å². The zero-order valence-corrected chi connectivity index (χ0v) is 20.9. The van der Waals surface area contributed by atoms with Gasteiger partial charge in [-0.3, -0.25) is 0 Å². The molecule has 0 heterocycles. The van der Waals surface area contributed by atoms with Crippen molar-refractivity contribution in [1.29, 1.82) is 0 Å². The summed E-state index contributed by atoms with van der Waals surface area (Å²) in [6.45, 7) is 15.9. The van der Waals surface area contributed by atoms with E-state index in [9.17, 15) is 0 Å². The Labute approximate surface area is 201 Å². The summed E-state index contributed by atoms with van der Waals surface area (Å²) in [4.78, 5) is 0. The highest BCUT2D eigenvalue weighted by Gasteiger charge is 2.15. The second kappa shape index (κ2) is 12.1. The fraction of sp³-hybridized carbons (Fsp3) is 0.400. The molecule has 0 aromatic heterocycles. The van der Waals surface area contributed by atoms with Crippen molar-refractivity contribution < 1.29 is 4.74 Å². The summed E-state index contributed by atoms with van der Waals surface area (Å²) in [6.07, 6.45) is 1.16. The Morgan fingerprint density at radius 1 is 0.750 bits per heavy atom. The molecule has 0 N–H and O–H groups in total. The Balaban J connectivity index is 0.000000364. The van der Waals surface area contributed by atoms with Crippen LogP contribution >= 0.6 is 11.6 Å². The maximum Gasteiger partial charge on any atom is 0.138 e. The van der Waals surface area contributed by atoms with Crippen LogP contribution in [-0.2, 0) is 18.4 Å². The Hall–Kier alpha value is -2.25. The van der Waals surface area contributed by atoms with E-state index in [2.05, 4.69) is 109 Å². The van der Waals surface area contributed by atoms with Crippen LogP contribution in [0.15, 0.2) is 72.8 Å². The molecule has 3 aromatic rings. The normalized spacial score (nSPS) is 11.1. The molecule has 0 aliphatic heterocycles. The molecule has 3 rings (SSSR count). The molecule has 0 radical (unpaired) electrons. The molecule has 32 heavy (non-hydrogen) atoms. The van der Waals surface area contributed by atoms with E-state index in [0.29, 0.717) is 17.0 Å². The van der Waals surface area contributed by atoms with Crippen LogP contribution in [0, 0.1) is 12.3 Å². The van der Waals surface area contributed by atoms with Gasteiger partial charge in [-0.25, -0.2) is 0 Å². The molecule has 0 amide bonds. The summed E-state index contributed by atoms with van der Waals surface area (Å²) in [6, 6.07) is 25.0. The van der Waals surface area contributed by atoms with Crippen LogP contribution < -0.4 is 4.74 Å². The molecular formula is C30H41ClO. The van der Waals surface area contributed by atoms with Crippen molar-refractivity contribution in [2.45, 2.75) is 74.3 Å². The average molecular weight is 453 g/mol. The van der Waals surface area contributed by atoms with Gasteiger partial charge in [0, 0.05) is 0 Å². The summed E-state index contributed by atoms with van der Waals surface area (Å²) >= 11 is 6.30. The number of halogens is 1. The topological polar surface area (TPSA) is 9.23 Å². The van der Waals surface area contributed by atoms with Gasteiger partial charge in [-0.2, -0.15) is 0 Å². The SMILES string of the molecule is C.CC(C)(C)Cc1ccccc1.Cc1ccc(COc2ccc(C(C)(C)C)cc2Cl)cc1. The Kier molecular flexibility index (Phi) is 10.5. The predicted octanol–water partition coefficient (Wildman–Crippen LogP) is 9.44. The molecule has 0 aliphatic carbocycles. The van der Waals surface area contributed by atoms with E-state index in [-0.39, 0.29) is 12.8 Å². The van der Waals surface area contributed by atoms with Gasteiger partial charge in [0.25, 0.3) is 0 Å². The maximum absolute atomic E-state index is 6.30. The molecule has 0 aliphatic rings. The molecule has 0 saturated carbocycles. The van der Waals surface area contributed by atoms with Gasteiger partial charge < -0.3 is 4.74 Å². The summed E-state index contributed by atoms with van der Waals surface area (Å²) in [5.41, 5.74) is 5.54. The van der Waals surface area contributed by atoms with Crippen LogP contribution in [-0.4, -0.2) is 0 Å². The third-order valence-electron chi connectivity index (χ3n) is 4.89. The van der Waals surface area contributed by atoms with Crippen LogP contribution in [0.1, 0.15) is 71.2 Å². The quantitative estimate of drug-likeness (QED) is 0.383. The third kappa shape index (κ3) is 9.92. The largest absolute Gasteiger partial charge is 0.487 e. The number of ether oxygens (including phenoxy) is 1. The molecule has 0 saturated heterocycles. The van der Waals surface area contributed by atoms with Gasteiger partial charge in [0.15, 0.2) is 0 Å². The van der Waals surface area contributed by atoms with Crippen molar-refractivity contribution >= 4 is 11.6 Å². The van der Waals surface area contributed by atoms with E-state index in [1.165, 1.54) is 16.7 Å². The van der Waals surface area contributed by atoms with Gasteiger partial charge in [-0.05, 0) is 53.0 Å². The minimum atomic E-state index is 0. The number of hydrogen-bond donors (Lipinski definition) is 0. The first kappa shape index (κ1) is 27.8. The first-order valence-corrected chi connectivity index (χ1v) is 11.3. The highest BCUT2D eigenvalue weighted by atomic mass is 35.5. The second-order valence-electron chi connectivity index (χ2n) is 10.4. The fourth-order valence-corrected chi connectivity index (χ4v) is 3.37. The molecule has 0 fully saturated rings. The van der Waals surface area contributed by atoms with E-state index in [4.69, 9.17) is 16.3 Å². The molecule has 2 heteroatoms. The molecule has 3 aromatic carbocycles. The monoisotopic (exact) mass is 452 g/mol. The van der Waals surface area contributed by atoms with E-state index < -0.39 is 0 Å².